The van der Waals surface area contributed by atoms with E-state index in [0.29, 0.717) is 0 Å². The fourth-order valence-corrected chi connectivity index (χ4v) is 3.47. The summed E-state index contributed by atoms with van der Waals surface area (Å²) in [5.74, 6) is 0.854. The molecule has 0 saturated heterocycles. The number of hydrogen-bond donors (Lipinski definition) is 0. The van der Waals surface area contributed by atoms with Gasteiger partial charge in [0.25, 0.3) is 0 Å². The van der Waals surface area contributed by atoms with Crippen molar-refractivity contribution in [2.75, 3.05) is 0 Å². The maximum absolute atomic E-state index is 4.79. The highest BCUT2D eigenvalue weighted by molar-refractivity contribution is 6.20. The lowest BCUT2D eigenvalue weighted by Gasteiger charge is -2.33. The van der Waals surface area contributed by atoms with Gasteiger partial charge in [-0.25, -0.2) is 4.99 Å². The minimum absolute atomic E-state index is 0.186. The summed E-state index contributed by atoms with van der Waals surface area (Å²) >= 11 is 0. The molecule has 2 heteroatoms. The predicted molar refractivity (Wildman–Crippen MR) is 102 cm³/mol. The Labute approximate surface area is 143 Å². The van der Waals surface area contributed by atoms with E-state index in [1.165, 1.54) is 16.7 Å². The van der Waals surface area contributed by atoms with Gasteiger partial charge in [0.05, 0.1) is 11.3 Å². The zero-order valence-corrected chi connectivity index (χ0v) is 14.0. The number of hydrogen-bond acceptors (Lipinski definition) is 2. The molecule has 0 saturated carbocycles. The van der Waals surface area contributed by atoms with E-state index in [1.54, 1.807) is 0 Å². The summed E-state index contributed by atoms with van der Waals surface area (Å²) in [6.45, 7) is 4.18. The molecule has 2 aliphatic rings. The third kappa shape index (κ3) is 2.54. The van der Waals surface area contributed by atoms with Crippen LogP contribution in [0.2, 0.25) is 0 Å². The van der Waals surface area contributed by atoms with E-state index in [-0.39, 0.29) is 5.54 Å². The van der Waals surface area contributed by atoms with Crippen molar-refractivity contribution < 1.29 is 0 Å². The number of amidine groups is 1. The largest absolute Gasteiger partial charge is 0.259 e. The van der Waals surface area contributed by atoms with Crippen LogP contribution in [0.5, 0.6) is 0 Å². The van der Waals surface area contributed by atoms with E-state index in [4.69, 9.17) is 9.98 Å². The lowest BCUT2D eigenvalue weighted by molar-refractivity contribution is 0.569. The van der Waals surface area contributed by atoms with Crippen LogP contribution in [0.15, 0.2) is 88.4 Å². The molecule has 1 aliphatic heterocycles. The van der Waals surface area contributed by atoms with Crippen molar-refractivity contribution in [3.63, 3.8) is 0 Å². The van der Waals surface area contributed by atoms with Crippen molar-refractivity contribution in [1.82, 2.24) is 0 Å². The molecule has 1 atom stereocenters. The number of benzene rings is 2. The van der Waals surface area contributed by atoms with Gasteiger partial charge in [0.1, 0.15) is 5.84 Å². The molecule has 1 heterocycles. The Morgan fingerprint density at radius 3 is 2.29 bits per heavy atom. The summed E-state index contributed by atoms with van der Waals surface area (Å²) in [6.07, 6.45) is 7.38. The second-order valence-electron chi connectivity index (χ2n) is 6.55. The van der Waals surface area contributed by atoms with Gasteiger partial charge in [-0.15, -0.1) is 0 Å². The normalized spacial score (nSPS) is 22.3. The van der Waals surface area contributed by atoms with Crippen LogP contribution in [0.1, 0.15) is 25.8 Å². The molecular formula is C22H20N2. The van der Waals surface area contributed by atoms with Crippen LogP contribution >= 0.6 is 0 Å². The van der Waals surface area contributed by atoms with Crippen molar-refractivity contribution >= 4 is 11.5 Å². The SMILES string of the molecule is CC1=NC2(C)CC=CC=C2C(c2ccc(-c3ccccc3)cc2)=N1. The van der Waals surface area contributed by atoms with E-state index in [0.717, 1.165) is 23.5 Å². The Morgan fingerprint density at radius 2 is 1.54 bits per heavy atom. The summed E-state index contributed by atoms with van der Waals surface area (Å²) in [5, 5.41) is 0. The number of fused-ring (bicyclic) bond motifs is 1. The van der Waals surface area contributed by atoms with Crippen molar-refractivity contribution in [1.29, 1.82) is 0 Å². The fraction of sp³-hybridized carbons (Fsp3) is 0.182. The molecule has 1 unspecified atom stereocenters. The number of rotatable bonds is 2. The maximum atomic E-state index is 4.79. The molecule has 4 rings (SSSR count). The Morgan fingerprint density at radius 1 is 0.875 bits per heavy atom. The highest BCUT2D eigenvalue weighted by Gasteiger charge is 2.35. The molecule has 1 aliphatic carbocycles. The van der Waals surface area contributed by atoms with Crippen molar-refractivity contribution in [2.24, 2.45) is 9.98 Å². The number of nitrogens with zero attached hydrogens (tertiary/aromatic N) is 2. The Bertz CT molecular complexity index is 883. The Kier molecular flexibility index (Phi) is 3.53. The monoisotopic (exact) mass is 312 g/mol. The molecule has 2 aromatic carbocycles. The van der Waals surface area contributed by atoms with Crippen molar-refractivity contribution in [3.8, 4) is 11.1 Å². The van der Waals surface area contributed by atoms with Gasteiger partial charge in [-0.3, -0.25) is 4.99 Å². The first-order valence-electron chi connectivity index (χ1n) is 8.34. The van der Waals surface area contributed by atoms with E-state index < -0.39 is 0 Å². The third-order valence-electron chi connectivity index (χ3n) is 4.70. The average Bonchev–Trinajstić information content (AvgIpc) is 2.61. The standard InChI is InChI=1S/C22H20N2/c1-16-23-21(20-10-6-7-15-22(20,2)24-16)19-13-11-18(12-14-19)17-8-4-3-5-9-17/h3-14H,15H2,1-2H3. The van der Waals surface area contributed by atoms with Gasteiger partial charge in [0, 0.05) is 11.1 Å². The lowest BCUT2D eigenvalue weighted by atomic mass is 9.79. The topological polar surface area (TPSA) is 24.7 Å². The molecule has 0 aromatic heterocycles. The molecule has 0 spiro atoms. The minimum Gasteiger partial charge on any atom is -0.259 e. The molecule has 0 fully saturated rings. The number of allylic oxidation sites excluding steroid dienone is 2. The highest BCUT2D eigenvalue weighted by Crippen LogP contribution is 2.35. The van der Waals surface area contributed by atoms with Crippen LogP contribution < -0.4 is 0 Å². The molecule has 118 valence electrons. The zero-order chi connectivity index (χ0) is 16.6. The summed E-state index contributed by atoms with van der Waals surface area (Å²) in [5.41, 5.74) is 5.68. The summed E-state index contributed by atoms with van der Waals surface area (Å²) in [6, 6.07) is 19.1. The van der Waals surface area contributed by atoms with Gasteiger partial charge in [-0.2, -0.15) is 0 Å². The number of aliphatic imine (C=N–C) groups is 2. The maximum Gasteiger partial charge on any atom is 0.121 e. The minimum atomic E-state index is -0.186. The van der Waals surface area contributed by atoms with Gasteiger partial charge in [0.2, 0.25) is 0 Å². The van der Waals surface area contributed by atoms with Gasteiger partial charge in [-0.1, -0.05) is 72.8 Å². The Balaban J connectivity index is 1.74. The first-order chi connectivity index (χ1) is 11.7. The van der Waals surface area contributed by atoms with Gasteiger partial charge >= 0.3 is 0 Å². The van der Waals surface area contributed by atoms with E-state index in [1.807, 2.05) is 13.0 Å². The van der Waals surface area contributed by atoms with Crippen LogP contribution in [-0.4, -0.2) is 17.1 Å². The zero-order valence-electron chi connectivity index (χ0n) is 14.0. The van der Waals surface area contributed by atoms with E-state index in [2.05, 4.69) is 73.7 Å². The molecule has 0 N–H and O–H groups in total. The van der Waals surface area contributed by atoms with E-state index >= 15 is 0 Å². The van der Waals surface area contributed by atoms with Crippen molar-refractivity contribution in [3.05, 3.63) is 84.0 Å². The highest BCUT2D eigenvalue weighted by atomic mass is 15.0. The van der Waals surface area contributed by atoms with Gasteiger partial charge < -0.3 is 0 Å². The smallest absolute Gasteiger partial charge is 0.121 e. The van der Waals surface area contributed by atoms with Crippen LogP contribution in [0, 0.1) is 0 Å². The summed E-state index contributed by atoms with van der Waals surface area (Å²) in [4.78, 5) is 9.54. The fourth-order valence-electron chi connectivity index (χ4n) is 3.47. The lowest BCUT2D eigenvalue weighted by Crippen LogP contribution is -2.35. The van der Waals surface area contributed by atoms with Crippen LogP contribution in [-0.2, 0) is 0 Å². The molecule has 2 aromatic rings. The second kappa shape index (κ2) is 5.72. The quantitative estimate of drug-likeness (QED) is 0.726. The summed E-state index contributed by atoms with van der Waals surface area (Å²) in [7, 11) is 0. The molecule has 2 nitrogen and oxygen atoms in total. The molecule has 0 bridgehead atoms. The van der Waals surface area contributed by atoms with Crippen molar-refractivity contribution in [2.45, 2.75) is 25.8 Å². The molecular weight excluding hydrogens is 292 g/mol. The first kappa shape index (κ1) is 14.8. The predicted octanol–water partition coefficient (Wildman–Crippen LogP) is 5.22. The van der Waals surface area contributed by atoms with Gasteiger partial charge in [-0.05, 0) is 31.4 Å². The molecule has 24 heavy (non-hydrogen) atoms. The molecule has 0 amide bonds. The Hall–Kier alpha value is -2.74. The molecule has 0 radical (unpaired) electrons. The van der Waals surface area contributed by atoms with Gasteiger partial charge in [0.15, 0.2) is 0 Å². The van der Waals surface area contributed by atoms with Crippen LogP contribution in [0.4, 0.5) is 0 Å². The van der Waals surface area contributed by atoms with Crippen LogP contribution in [0.3, 0.4) is 0 Å². The summed E-state index contributed by atoms with van der Waals surface area (Å²) < 4.78 is 0. The third-order valence-corrected chi connectivity index (χ3v) is 4.70. The first-order valence-corrected chi connectivity index (χ1v) is 8.34. The second-order valence-corrected chi connectivity index (χ2v) is 6.55. The van der Waals surface area contributed by atoms with Crippen LogP contribution in [0.25, 0.3) is 11.1 Å². The average molecular weight is 312 g/mol. The van der Waals surface area contributed by atoms with E-state index in [9.17, 15) is 0 Å².